The number of halogens is 7. The molecule has 140 valence electrons. The van der Waals surface area contributed by atoms with Gasteiger partial charge in [0.05, 0.1) is 0 Å². The van der Waals surface area contributed by atoms with Crippen LogP contribution in [0.2, 0.25) is 0 Å². The molecule has 0 rings (SSSR count). The van der Waals surface area contributed by atoms with Crippen LogP contribution in [0.3, 0.4) is 0 Å². The molecular formula is C13H15F7O4. The molecule has 0 aromatic carbocycles. The van der Waals surface area contributed by atoms with Gasteiger partial charge in [-0.1, -0.05) is 13.2 Å². The zero-order valence-electron chi connectivity index (χ0n) is 12.7. The van der Waals surface area contributed by atoms with Crippen LogP contribution in [-0.2, 0) is 19.1 Å². The van der Waals surface area contributed by atoms with Crippen molar-refractivity contribution >= 4 is 11.9 Å². The highest BCUT2D eigenvalue weighted by molar-refractivity contribution is 5.87. The SMILES string of the molecule is C=C(C)C(=O)OCC(F)(F)C(F)F.C=C(C)C(=O)OCC(F)(F)F. The average molecular weight is 368 g/mol. The lowest BCUT2D eigenvalue weighted by molar-refractivity contribution is -0.183. The van der Waals surface area contributed by atoms with Crippen LogP contribution in [0, 0.1) is 0 Å². The molecule has 0 bridgehead atoms. The predicted octanol–water partition coefficient (Wildman–Crippen LogP) is 3.67. The first kappa shape index (κ1) is 24.2. The summed E-state index contributed by atoms with van der Waals surface area (Å²) in [6.45, 7) is 5.52. The van der Waals surface area contributed by atoms with Gasteiger partial charge in [0.1, 0.15) is 0 Å². The third-order valence-electron chi connectivity index (χ3n) is 1.78. The summed E-state index contributed by atoms with van der Waals surface area (Å²) in [6.07, 6.45) is -8.31. The van der Waals surface area contributed by atoms with Crippen molar-refractivity contribution < 1.29 is 49.8 Å². The molecule has 11 heteroatoms. The van der Waals surface area contributed by atoms with Crippen LogP contribution in [0.5, 0.6) is 0 Å². The number of alkyl halides is 7. The first-order chi connectivity index (χ1) is 10.6. The summed E-state index contributed by atoms with van der Waals surface area (Å²) in [4.78, 5) is 20.9. The Labute approximate surface area is 132 Å². The highest BCUT2D eigenvalue weighted by atomic mass is 19.4. The summed E-state index contributed by atoms with van der Waals surface area (Å²) < 4.78 is 89.0. The van der Waals surface area contributed by atoms with E-state index in [9.17, 15) is 40.3 Å². The van der Waals surface area contributed by atoms with Gasteiger partial charge in [-0.25, -0.2) is 18.4 Å². The molecule has 0 atom stereocenters. The first-order valence-corrected chi connectivity index (χ1v) is 5.98. The van der Waals surface area contributed by atoms with E-state index < -0.39 is 43.7 Å². The second-order valence-electron chi connectivity index (χ2n) is 4.39. The largest absolute Gasteiger partial charge is 0.456 e. The van der Waals surface area contributed by atoms with Gasteiger partial charge in [-0.2, -0.15) is 22.0 Å². The molecule has 4 nitrogen and oxygen atoms in total. The first-order valence-electron chi connectivity index (χ1n) is 5.98. The van der Waals surface area contributed by atoms with E-state index in [-0.39, 0.29) is 11.1 Å². The number of rotatable bonds is 6. The van der Waals surface area contributed by atoms with Gasteiger partial charge in [0.25, 0.3) is 0 Å². The maximum Gasteiger partial charge on any atom is 0.422 e. The monoisotopic (exact) mass is 368 g/mol. The maximum atomic E-state index is 12.1. The van der Waals surface area contributed by atoms with Crippen molar-refractivity contribution in [3.05, 3.63) is 24.3 Å². The standard InChI is InChI=1S/C7H8F4O2.C6H7F3O2/c1-4(2)5(12)13-3-7(10,11)6(8)9;1-4(2)5(10)11-3-6(7,8)9/h6H,1,3H2,2H3;1,3H2,2H3. The molecule has 0 radical (unpaired) electrons. The molecule has 0 aromatic heterocycles. The number of hydrogen-bond donors (Lipinski definition) is 0. The molecule has 0 saturated carbocycles. The summed E-state index contributed by atoms with van der Waals surface area (Å²) >= 11 is 0. The van der Waals surface area contributed by atoms with Gasteiger partial charge in [0.2, 0.25) is 0 Å². The molecule has 0 heterocycles. The fourth-order valence-corrected chi connectivity index (χ4v) is 0.619. The van der Waals surface area contributed by atoms with Crippen LogP contribution >= 0.6 is 0 Å². The van der Waals surface area contributed by atoms with Crippen molar-refractivity contribution in [2.45, 2.75) is 32.4 Å². The van der Waals surface area contributed by atoms with E-state index in [0.717, 1.165) is 0 Å². The zero-order chi connectivity index (χ0) is 19.7. The molecule has 0 saturated heterocycles. The number of carbonyl (C=O) groups excluding carboxylic acids is 2. The van der Waals surface area contributed by atoms with E-state index in [0.29, 0.717) is 0 Å². The summed E-state index contributed by atoms with van der Waals surface area (Å²) in [6, 6.07) is 0. The van der Waals surface area contributed by atoms with Gasteiger partial charge < -0.3 is 9.47 Å². The molecule has 24 heavy (non-hydrogen) atoms. The Balaban J connectivity index is 0. The third kappa shape index (κ3) is 12.5. The maximum absolute atomic E-state index is 12.1. The molecule has 0 aromatic rings. The fourth-order valence-electron chi connectivity index (χ4n) is 0.619. The van der Waals surface area contributed by atoms with Crippen LogP contribution in [0.1, 0.15) is 13.8 Å². The number of esters is 2. The van der Waals surface area contributed by atoms with Crippen molar-refractivity contribution in [1.82, 2.24) is 0 Å². The molecule has 0 aliphatic rings. The third-order valence-corrected chi connectivity index (χ3v) is 1.78. The minimum absolute atomic E-state index is 0.0470. The molecule has 0 amide bonds. The smallest absolute Gasteiger partial charge is 0.422 e. The van der Waals surface area contributed by atoms with E-state index in [4.69, 9.17) is 0 Å². The van der Waals surface area contributed by atoms with Gasteiger partial charge in [0, 0.05) is 11.1 Å². The van der Waals surface area contributed by atoms with Crippen LogP contribution in [0.4, 0.5) is 30.7 Å². The second kappa shape index (κ2) is 9.93. The van der Waals surface area contributed by atoms with Crippen molar-refractivity contribution in [3.8, 4) is 0 Å². The highest BCUT2D eigenvalue weighted by Crippen LogP contribution is 2.23. The van der Waals surface area contributed by atoms with Crippen LogP contribution < -0.4 is 0 Å². The Morgan fingerprint density at radius 3 is 1.46 bits per heavy atom. The molecule has 0 N–H and O–H groups in total. The summed E-state index contributed by atoms with van der Waals surface area (Å²) in [5.41, 5.74) is -0.167. The lowest BCUT2D eigenvalue weighted by Gasteiger charge is -2.14. The van der Waals surface area contributed by atoms with Crippen molar-refractivity contribution in [1.29, 1.82) is 0 Å². The molecule has 0 unspecified atom stereocenters. The minimum atomic E-state index is -4.47. The molecular weight excluding hydrogens is 353 g/mol. The van der Waals surface area contributed by atoms with E-state index in [1.54, 1.807) is 0 Å². The average Bonchev–Trinajstić information content (AvgIpc) is 2.41. The number of hydrogen-bond acceptors (Lipinski definition) is 4. The van der Waals surface area contributed by atoms with Crippen molar-refractivity contribution in [2.75, 3.05) is 13.2 Å². The molecule has 0 aliphatic heterocycles. The normalized spacial score (nSPS) is 11.2. The van der Waals surface area contributed by atoms with Gasteiger partial charge in [0.15, 0.2) is 13.2 Å². The Bertz CT molecular complexity index is 469. The Morgan fingerprint density at radius 2 is 1.21 bits per heavy atom. The summed E-state index contributed by atoms with van der Waals surface area (Å²) in [7, 11) is 0. The summed E-state index contributed by atoms with van der Waals surface area (Å²) in [5.74, 6) is -6.44. The van der Waals surface area contributed by atoms with Gasteiger partial charge in [-0.05, 0) is 13.8 Å². The van der Waals surface area contributed by atoms with Gasteiger partial charge >= 0.3 is 30.5 Å². The number of ether oxygens (including phenoxy) is 2. The van der Waals surface area contributed by atoms with Crippen LogP contribution in [-0.4, -0.2) is 43.7 Å². The fraction of sp³-hybridized carbons (Fsp3) is 0.538. The quantitative estimate of drug-likeness (QED) is 0.408. The Hall–Kier alpha value is -2.07. The second-order valence-corrected chi connectivity index (χ2v) is 4.39. The van der Waals surface area contributed by atoms with Crippen LogP contribution in [0.25, 0.3) is 0 Å². The van der Waals surface area contributed by atoms with Crippen molar-refractivity contribution in [3.63, 3.8) is 0 Å². The zero-order valence-corrected chi connectivity index (χ0v) is 12.7. The molecule has 0 spiro atoms. The lowest BCUT2D eigenvalue weighted by Crippen LogP contribution is -2.33. The van der Waals surface area contributed by atoms with E-state index >= 15 is 0 Å². The Kier molecular flexibility index (Phi) is 10.0. The Morgan fingerprint density at radius 1 is 0.875 bits per heavy atom. The summed E-state index contributed by atoms with van der Waals surface area (Å²) in [5, 5.41) is 0. The topological polar surface area (TPSA) is 52.6 Å². The van der Waals surface area contributed by atoms with Gasteiger partial charge in [-0.15, -0.1) is 0 Å². The predicted molar refractivity (Wildman–Crippen MR) is 68.6 cm³/mol. The number of carbonyl (C=O) groups is 2. The van der Waals surface area contributed by atoms with E-state index in [1.807, 2.05) is 0 Å². The molecule has 0 aliphatic carbocycles. The van der Waals surface area contributed by atoms with Gasteiger partial charge in [-0.3, -0.25) is 0 Å². The van der Waals surface area contributed by atoms with Crippen LogP contribution in [0.15, 0.2) is 24.3 Å². The van der Waals surface area contributed by atoms with E-state index in [1.165, 1.54) is 13.8 Å². The van der Waals surface area contributed by atoms with E-state index in [2.05, 4.69) is 22.6 Å². The molecule has 0 fully saturated rings. The van der Waals surface area contributed by atoms with Crippen molar-refractivity contribution in [2.24, 2.45) is 0 Å². The highest BCUT2D eigenvalue weighted by Gasteiger charge is 2.42. The lowest BCUT2D eigenvalue weighted by atomic mass is 10.3. The minimum Gasteiger partial charge on any atom is -0.456 e.